The smallest absolute Gasteiger partial charge is 0.337 e. The highest BCUT2D eigenvalue weighted by Gasteiger charge is 2.35. The van der Waals surface area contributed by atoms with E-state index in [1.54, 1.807) is 24.0 Å². The van der Waals surface area contributed by atoms with Crippen LogP contribution in [0.1, 0.15) is 36.8 Å². The van der Waals surface area contributed by atoms with E-state index in [0.29, 0.717) is 16.4 Å². The van der Waals surface area contributed by atoms with Gasteiger partial charge >= 0.3 is 5.97 Å². The first-order valence-electron chi connectivity index (χ1n) is 9.14. The fourth-order valence-electron chi connectivity index (χ4n) is 3.73. The van der Waals surface area contributed by atoms with Gasteiger partial charge in [0, 0.05) is 28.2 Å². The van der Waals surface area contributed by atoms with Crippen LogP contribution in [0.15, 0.2) is 23.1 Å². The summed E-state index contributed by atoms with van der Waals surface area (Å²) in [5.41, 5.74) is 2.89. The Morgan fingerprint density at radius 2 is 2.29 bits per heavy atom. The lowest BCUT2D eigenvalue weighted by molar-refractivity contribution is -0.146. The Morgan fingerprint density at radius 3 is 3.00 bits per heavy atom. The summed E-state index contributed by atoms with van der Waals surface area (Å²) in [6.45, 7) is 4.24. The first kappa shape index (κ1) is 19.4. The zero-order valence-corrected chi connectivity index (χ0v) is 17.8. The fourth-order valence-corrected chi connectivity index (χ4v) is 4.81. The number of nitrogens with zero attached hydrogens (tertiary/aromatic N) is 4. The second-order valence-corrected chi connectivity index (χ2v) is 7.99. The summed E-state index contributed by atoms with van der Waals surface area (Å²) < 4.78 is 23.3. The molecule has 0 bridgehead atoms. The average Bonchev–Trinajstić information content (AvgIpc) is 3.31. The molecule has 28 heavy (non-hydrogen) atoms. The Bertz CT molecular complexity index is 1060. The van der Waals surface area contributed by atoms with Gasteiger partial charge in [0.1, 0.15) is 6.17 Å². The van der Waals surface area contributed by atoms with Gasteiger partial charge in [-0.1, -0.05) is 34.5 Å². The van der Waals surface area contributed by atoms with Crippen molar-refractivity contribution in [3.8, 4) is 0 Å². The van der Waals surface area contributed by atoms with Crippen molar-refractivity contribution in [2.75, 3.05) is 6.61 Å². The molecular weight excluding hydrogens is 451 g/mol. The fraction of sp³-hybridized carbons (Fsp3) is 0.421. The van der Waals surface area contributed by atoms with Gasteiger partial charge in [-0.2, -0.15) is 5.10 Å². The second-order valence-electron chi connectivity index (χ2n) is 6.73. The predicted molar refractivity (Wildman–Crippen MR) is 107 cm³/mol. The number of ether oxygens (including phenoxy) is 1. The second kappa shape index (κ2) is 7.48. The van der Waals surface area contributed by atoms with Crippen molar-refractivity contribution in [3.05, 3.63) is 45.0 Å². The Labute approximate surface area is 174 Å². The van der Waals surface area contributed by atoms with E-state index in [1.807, 2.05) is 13.0 Å². The van der Waals surface area contributed by atoms with Crippen LogP contribution in [0.3, 0.4) is 0 Å². The molecule has 0 amide bonds. The lowest BCUT2D eigenvalue weighted by Gasteiger charge is -2.15. The van der Waals surface area contributed by atoms with Gasteiger partial charge < -0.3 is 9.30 Å². The number of aryl methyl sites for hydroxylation is 1. The SMILES string of the molecule is CCOC(=O)C(c1ncn2c1C[C@@H](F)C2)n1cc2c(Cl)cc(Br)c(CC)c2n1. The third-order valence-corrected chi connectivity index (χ3v) is 6.01. The Morgan fingerprint density at radius 1 is 1.50 bits per heavy atom. The summed E-state index contributed by atoms with van der Waals surface area (Å²) in [6, 6.07) is 0.935. The average molecular weight is 470 g/mol. The van der Waals surface area contributed by atoms with Crippen LogP contribution in [0.2, 0.25) is 5.02 Å². The number of esters is 1. The van der Waals surface area contributed by atoms with E-state index >= 15 is 0 Å². The van der Waals surface area contributed by atoms with Gasteiger partial charge in [0.2, 0.25) is 0 Å². The highest BCUT2D eigenvalue weighted by Crippen LogP contribution is 2.35. The van der Waals surface area contributed by atoms with Crippen molar-refractivity contribution in [2.45, 2.75) is 45.4 Å². The summed E-state index contributed by atoms with van der Waals surface area (Å²) in [5, 5.41) is 5.95. The summed E-state index contributed by atoms with van der Waals surface area (Å²) in [6.07, 6.45) is 3.30. The minimum atomic E-state index is -0.978. The molecule has 0 spiro atoms. The van der Waals surface area contributed by atoms with Crippen LogP contribution in [0.25, 0.3) is 10.9 Å². The molecule has 2 aromatic heterocycles. The van der Waals surface area contributed by atoms with E-state index < -0.39 is 18.2 Å². The summed E-state index contributed by atoms with van der Waals surface area (Å²) >= 11 is 9.95. The molecule has 2 atom stereocenters. The molecule has 0 saturated heterocycles. The maximum Gasteiger partial charge on any atom is 0.337 e. The molecule has 4 rings (SSSR count). The van der Waals surface area contributed by atoms with Crippen molar-refractivity contribution in [1.29, 1.82) is 0 Å². The van der Waals surface area contributed by atoms with Gasteiger partial charge in [-0.15, -0.1) is 0 Å². The largest absolute Gasteiger partial charge is 0.464 e. The van der Waals surface area contributed by atoms with Crippen molar-refractivity contribution >= 4 is 44.4 Å². The molecule has 0 radical (unpaired) electrons. The number of rotatable bonds is 5. The number of hydrogen-bond donors (Lipinski definition) is 0. The Hall–Kier alpha value is -1.93. The molecule has 0 N–H and O–H groups in total. The number of carbonyl (C=O) groups excluding carboxylic acids is 1. The van der Waals surface area contributed by atoms with E-state index in [2.05, 4.69) is 26.0 Å². The van der Waals surface area contributed by atoms with E-state index in [4.69, 9.17) is 16.3 Å². The minimum Gasteiger partial charge on any atom is -0.464 e. The predicted octanol–water partition coefficient (Wildman–Crippen LogP) is 4.26. The molecule has 1 aliphatic heterocycles. The van der Waals surface area contributed by atoms with Gasteiger partial charge in [-0.25, -0.2) is 14.2 Å². The van der Waals surface area contributed by atoms with Crippen LogP contribution in [0, 0.1) is 0 Å². The molecule has 0 saturated carbocycles. The number of carbonyl (C=O) groups is 1. The van der Waals surface area contributed by atoms with Crippen LogP contribution >= 0.6 is 27.5 Å². The normalized spacial score (nSPS) is 17.1. The quantitative estimate of drug-likeness (QED) is 0.524. The topological polar surface area (TPSA) is 61.9 Å². The van der Waals surface area contributed by atoms with Crippen molar-refractivity contribution in [3.63, 3.8) is 0 Å². The highest BCUT2D eigenvalue weighted by atomic mass is 79.9. The monoisotopic (exact) mass is 468 g/mol. The van der Waals surface area contributed by atoms with Crippen LogP contribution in [0.5, 0.6) is 0 Å². The van der Waals surface area contributed by atoms with Gasteiger partial charge in [0.15, 0.2) is 6.04 Å². The minimum absolute atomic E-state index is 0.221. The molecule has 148 valence electrons. The Balaban J connectivity index is 1.89. The lowest BCUT2D eigenvalue weighted by Crippen LogP contribution is -2.25. The third kappa shape index (κ3) is 3.12. The molecule has 1 aromatic carbocycles. The number of hydrogen-bond acceptors (Lipinski definition) is 4. The molecule has 3 heterocycles. The number of halogens is 3. The van der Waals surface area contributed by atoms with Crippen LogP contribution < -0.4 is 0 Å². The van der Waals surface area contributed by atoms with Gasteiger partial charge in [0.25, 0.3) is 0 Å². The van der Waals surface area contributed by atoms with Crippen molar-refractivity contribution in [1.82, 2.24) is 19.3 Å². The molecule has 0 fully saturated rings. The van der Waals surface area contributed by atoms with Crippen molar-refractivity contribution < 1.29 is 13.9 Å². The van der Waals surface area contributed by atoms with Crippen LogP contribution in [0.4, 0.5) is 4.39 Å². The summed E-state index contributed by atoms with van der Waals surface area (Å²) in [7, 11) is 0. The van der Waals surface area contributed by atoms with Crippen molar-refractivity contribution in [2.24, 2.45) is 0 Å². The van der Waals surface area contributed by atoms with Gasteiger partial charge in [-0.3, -0.25) is 4.68 Å². The standard InChI is InChI=1S/C19H19BrClFN4O2/c1-3-11-13(20)6-14(21)12-8-26(24-16(11)12)18(19(27)28-4-2)17-15-5-10(22)7-25(15)9-23-17/h6,8-10,18H,3-5,7H2,1-2H3/t10-,18?/m1/s1. The number of alkyl halides is 1. The van der Waals surface area contributed by atoms with E-state index in [1.165, 1.54) is 4.68 Å². The maximum atomic E-state index is 13.9. The summed E-state index contributed by atoms with van der Waals surface area (Å²) in [4.78, 5) is 17.2. The van der Waals surface area contributed by atoms with Gasteiger partial charge in [0.05, 0.1) is 35.7 Å². The van der Waals surface area contributed by atoms with Crippen LogP contribution in [-0.4, -0.2) is 38.1 Å². The van der Waals surface area contributed by atoms with E-state index in [9.17, 15) is 9.18 Å². The lowest BCUT2D eigenvalue weighted by atomic mass is 10.1. The maximum absolute atomic E-state index is 13.9. The molecular formula is C19H19BrClFN4O2. The first-order chi connectivity index (χ1) is 13.4. The summed E-state index contributed by atoms with van der Waals surface area (Å²) in [5.74, 6) is -0.479. The van der Waals surface area contributed by atoms with Gasteiger partial charge in [-0.05, 0) is 25.0 Å². The molecule has 0 aliphatic carbocycles. The number of imidazole rings is 1. The molecule has 9 heteroatoms. The number of fused-ring (bicyclic) bond motifs is 2. The third-order valence-electron chi connectivity index (χ3n) is 4.99. The molecule has 1 aliphatic rings. The number of benzene rings is 1. The van der Waals surface area contributed by atoms with E-state index in [0.717, 1.165) is 27.4 Å². The highest BCUT2D eigenvalue weighted by molar-refractivity contribution is 9.10. The Kier molecular flexibility index (Phi) is 5.18. The zero-order valence-electron chi connectivity index (χ0n) is 15.5. The molecule has 1 unspecified atom stereocenters. The zero-order chi connectivity index (χ0) is 20.0. The number of aromatic nitrogens is 4. The first-order valence-corrected chi connectivity index (χ1v) is 10.3. The van der Waals surface area contributed by atoms with E-state index in [-0.39, 0.29) is 19.6 Å². The van der Waals surface area contributed by atoms with Crippen LogP contribution in [-0.2, 0) is 28.9 Å². The molecule has 6 nitrogen and oxygen atoms in total. The molecule has 3 aromatic rings.